The average molecular weight is 307 g/mol. The fraction of sp³-hybridized carbons (Fsp3) is 0. The maximum Gasteiger partial charge on any atom is 0.338 e. The number of aromatic nitrogens is 1. The van der Waals surface area contributed by atoms with Crippen molar-refractivity contribution >= 4 is 29.2 Å². The van der Waals surface area contributed by atoms with Crippen molar-refractivity contribution in [3.63, 3.8) is 0 Å². The third-order valence-corrected chi connectivity index (χ3v) is 2.71. The summed E-state index contributed by atoms with van der Waals surface area (Å²) < 4.78 is 0. The normalized spacial score (nSPS) is 9.76. The van der Waals surface area contributed by atoms with E-state index in [1.165, 1.54) is 30.5 Å². The lowest BCUT2D eigenvalue weighted by Gasteiger charge is -2.09. The van der Waals surface area contributed by atoms with Gasteiger partial charge in [-0.25, -0.2) is 15.2 Å². The van der Waals surface area contributed by atoms with E-state index in [9.17, 15) is 14.7 Å². The van der Waals surface area contributed by atoms with E-state index in [1.54, 1.807) is 12.1 Å². The molecule has 7 nitrogen and oxygen atoms in total. The summed E-state index contributed by atoms with van der Waals surface area (Å²) in [5.41, 5.74) is 4.86. The molecule has 0 fully saturated rings. The second kappa shape index (κ2) is 6.58. The van der Waals surface area contributed by atoms with Crippen LogP contribution in [0.2, 0.25) is 5.15 Å². The summed E-state index contributed by atoms with van der Waals surface area (Å²) in [7, 11) is 0. The molecule has 0 aliphatic carbocycles. The fourth-order valence-corrected chi connectivity index (χ4v) is 1.63. The molecule has 2 aromatic rings. The third-order valence-electron chi connectivity index (χ3n) is 2.41. The van der Waals surface area contributed by atoms with Crippen LogP contribution in [0, 0.1) is 0 Å². The largest absolute Gasteiger partial charge is 0.508 e. The SMILES string of the molecule is O=C(NNC(=O)c1cccc(O)c1)Nc1cccnc1Cl. The Hall–Kier alpha value is -2.80. The van der Waals surface area contributed by atoms with Crippen LogP contribution >= 0.6 is 11.6 Å². The number of benzene rings is 1. The molecule has 21 heavy (non-hydrogen) atoms. The number of pyridine rings is 1. The molecular weight excluding hydrogens is 296 g/mol. The Labute approximate surface area is 124 Å². The molecule has 0 radical (unpaired) electrons. The summed E-state index contributed by atoms with van der Waals surface area (Å²) in [5.74, 6) is -0.618. The van der Waals surface area contributed by atoms with Crippen molar-refractivity contribution in [1.29, 1.82) is 0 Å². The van der Waals surface area contributed by atoms with Gasteiger partial charge in [-0.2, -0.15) is 0 Å². The highest BCUT2D eigenvalue weighted by Gasteiger charge is 2.09. The molecule has 0 spiro atoms. The summed E-state index contributed by atoms with van der Waals surface area (Å²) in [6, 6.07) is 8.19. The smallest absolute Gasteiger partial charge is 0.338 e. The molecule has 108 valence electrons. The molecule has 0 atom stereocenters. The van der Waals surface area contributed by atoms with Crippen molar-refractivity contribution in [2.75, 3.05) is 5.32 Å². The minimum atomic E-state index is -0.682. The summed E-state index contributed by atoms with van der Waals surface area (Å²) >= 11 is 5.78. The van der Waals surface area contributed by atoms with Gasteiger partial charge in [-0.1, -0.05) is 17.7 Å². The second-order valence-corrected chi connectivity index (χ2v) is 4.28. The second-order valence-electron chi connectivity index (χ2n) is 3.93. The van der Waals surface area contributed by atoms with Crippen LogP contribution in [0.5, 0.6) is 5.75 Å². The van der Waals surface area contributed by atoms with Gasteiger partial charge < -0.3 is 10.4 Å². The van der Waals surface area contributed by atoms with Crippen LogP contribution in [0.4, 0.5) is 10.5 Å². The number of aromatic hydroxyl groups is 1. The first-order valence-corrected chi connectivity index (χ1v) is 6.21. The number of halogens is 1. The zero-order valence-corrected chi connectivity index (χ0v) is 11.4. The monoisotopic (exact) mass is 306 g/mol. The van der Waals surface area contributed by atoms with Crippen LogP contribution in [-0.4, -0.2) is 22.0 Å². The van der Waals surface area contributed by atoms with Crippen LogP contribution in [0.25, 0.3) is 0 Å². The number of hydrazine groups is 1. The van der Waals surface area contributed by atoms with Gasteiger partial charge in [-0.05, 0) is 30.3 Å². The Kier molecular flexibility index (Phi) is 4.57. The Bertz CT molecular complexity index is 678. The topological polar surface area (TPSA) is 103 Å². The first kappa shape index (κ1) is 14.6. The minimum absolute atomic E-state index is 0.0470. The molecule has 8 heteroatoms. The van der Waals surface area contributed by atoms with Crippen LogP contribution in [0.3, 0.4) is 0 Å². The maximum absolute atomic E-state index is 11.7. The number of carbonyl (C=O) groups is 2. The molecule has 2 rings (SSSR count). The van der Waals surface area contributed by atoms with E-state index in [4.69, 9.17) is 11.6 Å². The summed E-state index contributed by atoms with van der Waals surface area (Å²) in [6.45, 7) is 0. The van der Waals surface area contributed by atoms with Gasteiger partial charge in [0.15, 0.2) is 5.15 Å². The number of carbonyl (C=O) groups excluding carboxylic acids is 2. The number of urea groups is 1. The van der Waals surface area contributed by atoms with E-state index in [-0.39, 0.29) is 16.5 Å². The Morgan fingerprint density at radius 1 is 1.14 bits per heavy atom. The van der Waals surface area contributed by atoms with Gasteiger partial charge in [0.25, 0.3) is 5.91 Å². The summed E-state index contributed by atoms with van der Waals surface area (Å²) in [5, 5.41) is 11.8. The number of rotatable bonds is 2. The molecule has 0 unspecified atom stereocenters. The molecule has 0 aliphatic heterocycles. The van der Waals surface area contributed by atoms with E-state index in [0.29, 0.717) is 5.69 Å². The lowest BCUT2D eigenvalue weighted by Crippen LogP contribution is -2.43. The molecular formula is C13H11ClN4O3. The van der Waals surface area contributed by atoms with Gasteiger partial charge in [0.2, 0.25) is 0 Å². The molecule has 1 aromatic carbocycles. The lowest BCUT2D eigenvalue weighted by atomic mass is 10.2. The van der Waals surface area contributed by atoms with Crippen molar-refractivity contribution in [1.82, 2.24) is 15.8 Å². The lowest BCUT2D eigenvalue weighted by molar-refractivity contribution is 0.0937. The van der Waals surface area contributed by atoms with Gasteiger partial charge in [0.05, 0.1) is 5.69 Å². The fourth-order valence-electron chi connectivity index (χ4n) is 1.47. The number of nitrogens with one attached hydrogen (secondary N) is 3. The molecule has 1 heterocycles. The number of amides is 3. The van der Waals surface area contributed by atoms with E-state index in [2.05, 4.69) is 21.2 Å². The molecule has 0 bridgehead atoms. The van der Waals surface area contributed by atoms with E-state index >= 15 is 0 Å². The van der Waals surface area contributed by atoms with Crippen LogP contribution in [0.15, 0.2) is 42.6 Å². The number of anilines is 1. The van der Waals surface area contributed by atoms with Gasteiger partial charge >= 0.3 is 6.03 Å². The van der Waals surface area contributed by atoms with Gasteiger partial charge in [0.1, 0.15) is 5.75 Å². The standard InChI is InChI=1S/C13H11ClN4O3/c14-11-10(5-2-6-15-11)16-13(21)18-17-12(20)8-3-1-4-9(19)7-8/h1-7,19H,(H,17,20)(H2,16,18,21). The highest BCUT2D eigenvalue weighted by atomic mass is 35.5. The van der Waals surface area contributed by atoms with E-state index in [0.717, 1.165) is 0 Å². The number of phenolic OH excluding ortho intramolecular Hbond substituents is 1. The number of hydrogen-bond donors (Lipinski definition) is 4. The minimum Gasteiger partial charge on any atom is -0.508 e. The summed E-state index contributed by atoms with van der Waals surface area (Å²) in [6.07, 6.45) is 1.48. The molecule has 0 saturated heterocycles. The quantitative estimate of drug-likeness (QED) is 0.502. The number of nitrogens with zero attached hydrogens (tertiary/aromatic N) is 1. The third kappa shape index (κ3) is 4.08. The van der Waals surface area contributed by atoms with Crippen LogP contribution in [0.1, 0.15) is 10.4 Å². The van der Waals surface area contributed by atoms with Crippen molar-refractivity contribution in [2.24, 2.45) is 0 Å². The Morgan fingerprint density at radius 3 is 2.67 bits per heavy atom. The number of hydrogen-bond acceptors (Lipinski definition) is 4. The number of phenols is 1. The molecule has 4 N–H and O–H groups in total. The van der Waals surface area contributed by atoms with E-state index in [1.807, 2.05) is 0 Å². The maximum atomic E-state index is 11.7. The molecule has 1 aromatic heterocycles. The Balaban J connectivity index is 1.90. The van der Waals surface area contributed by atoms with E-state index < -0.39 is 11.9 Å². The Morgan fingerprint density at radius 2 is 1.95 bits per heavy atom. The van der Waals surface area contributed by atoms with Gasteiger partial charge in [-0.3, -0.25) is 10.2 Å². The van der Waals surface area contributed by atoms with Gasteiger partial charge in [0, 0.05) is 11.8 Å². The van der Waals surface area contributed by atoms with Crippen molar-refractivity contribution in [2.45, 2.75) is 0 Å². The zero-order valence-electron chi connectivity index (χ0n) is 10.6. The van der Waals surface area contributed by atoms with Crippen molar-refractivity contribution in [3.05, 3.63) is 53.3 Å². The first-order chi connectivity index (χ1) is 10.1. The van der Waals surface area contributed by atoms with Gasteiger partial charge in [-0.15, -0.1) is 0 Å². The average Bonchev–Trinajstić information content (AvgIpc) is 2.47. The van der Waals surface area contributed by atoms with Crippen molar-refractivity contribution < 1.29 is 14.7 Å². The molecule has 0 aliphatic rings. The zero-order chi connectivity index (χ0) is 15.2. The highest BCUT2D eigenvalue weighted by molar-refractivity contribution is 6.32. The molecule has 3 amide bonds. The first-order valence-electron chi connectivity index (χ1n) is 5.83. The summed E-state index contributed by atoms with van der Waals surface area (Å²) in [4.78, 5) is 27.1. The van der Waals surface area contributed by atoms with Crippen LogP contribution < -0.4 is 16.2 Å². The molecule has 0 saturated carbocycles. The van der Waals surface area contributed by atoms with Crippen molar-refractivity contribution in [3.8, 4) is 5.75 Å². The highest BCUT2D eigenvalue weighted by Crippen LogP contribution is 2.16. The predicted molar refractivity (Wildman–Crippen MR) is 77.0 cm³/mol. The predicted octanol–water partition coefficient (Wildman–Crippen LogP) is 1.91. The van der Waals surface area contributed by atoms with Crippen LogP contribution in [-0.2, 0) is 0 Å².